The number of pyridine rings is 1. The molecule has 8 nitrogen and oxygen atoms in total. The van der Waals surface area contributed by atoms with E-state index >= 15 is 0 Å². The summed E-state index contributed by atoms with van der Waals surface area (Å²) in [4.78, 5) is 34.0. The van der Waals surface area contributed by atoms with Crippen LogP contribution >= 0.6 is 11.6 Å². The average Bonchev–Trinajstić information content (AvgIpc) is 2.89. The van der Waals surface area contributed by atoms with Gasteiger partial charge in [0.15, 0.2) is 6.10 Å². The lowest BCUT2D eigenvalue weighted by Gasteiger charge is -2.32. The minimum atomic E-state index is -1.02. The number of hydrogen-bond acceptors (Lipinski definition) is 7. The van der Waals surface area contributed by atoms with E-state index < -0.39 is 18.0 Å². The van der Waals surface area contributed by atoms with Gasteiger partial charge in [0.1, 0.15) is 11.5 Å². The van der Waals surface area contributed by atoms with Crippen LogP contribution in [0.25, 0.3) is 10.9 Å². The minimum Gasteiger partial charge on any atom is -0.495 e. The van der Waals surface area contributed by atoms with Crippen LogP contribution in [0.3, 0.4) is 0 Å². The van der Waals surface area contributed by atoms with E-state index in [0.29, 0.717) is 40.4 Å². The van der Waals surface area contributed by atoms with Crippen molar-refractivity contribution in [1.82, 2.24) is 9.88 Å². The SMILES string of the molecule is CCC(OC(=O)c1c2c(nc3ccccc13)CCN(C(C)C)C2)C(=O)Nc1cc(Cl)c(OC)cc1OC. The summed E-state index contributed by atoms with van der Waals surface area (Å²) in [5.41, 5.74) is 3.33. The molecule has 196 valence electrons. The lowest BCUT2D eigenvalue weighted by atomic mass is 9.95. The molecule has 1 aromatic heterocycles. The van der Waals surface area contributed by atoms with Crippen LogP contribution in [0.1, 0.15) is 48.8 Å². The molecule has 37 heavy (non-hydrogen) atoms. The summed E-state index contributed by atoms with van der Waals surface area (Å²) in [7, 11) is 2.97. The lowest BCUT2D eigenvalue weighted by Crippen LogP contribution is -2.38. The van der Waals surface area contributed by atoms with Gasteiger partial charge in [-0.25, -0.2) is 4.79 Å². The number of halogens is 1. The molecule has 2 heterocycles. The first-order valence-corrected chi connectivity index (χ1v) is 12.7. The fourth-order valence-electron chi connectivity index (χ4n) is 4.57. The maximum absolute atomic E-state index is 13.7. The second-order valence-corrected chi connectivity index (χ2v) is 9.63. The Labute approximate surface area is 221 Å². The van der Waals surface area contributed by atoms with E-state index in [9.17, 15) is 9.59 Å². The number of para-hydroxylation sites is 1. The number of nitrogens with one attached hydrogen (secondary N) is 1. The Morgan fingerprint density at radius 3 is 2.54 bits per heavy atom. The predicted molar refractivity (Wildman–Crippen MR) is 144 cm³/mol. The highest BCUT2D eigenvalue weighted by Crippen LogP contribution is 2.36. The molecule has 0 bridgehead atoms. The van der Waals surface area contributed by atoms with Gasteiger partial charge >= 0.3 is 5.97 Å². The fourth-order valence-corrected chi connectivity index (χ4v) is 4.81. The van der Waals surface area contributed by atoms with Crippen LogP contribution in [-0.4, -0.2) is 54.7 Å². The Kier molecular flexibility index (Phi) is 8.19. The number of nitrogens with zero attached hydrogens (tertiary/aromatic N) is 2. The van der Waals surface area contributed by atoms with Crippen molar-refractivity contribution < 1.29 is 23.8 Å². The third-order valence-corrected chi connectivity index (χ3v) is 6.95. The van der Waals surface area contributed by atoms with Crippen LogP contribution in [-0.2, 0) is 22.5 Å². The summed E-state index contributed by atoms with van der Waals surface area (Å²) in [6.07, 6.45) is 0.00648. The number of methoxy groups -OCH3 is 2. The molecule has 2 aromatic carbocycles. The molecule has 1 unspecified atom stereocenters. The average molecular weight is 526 g/mol. The number of anilines is 1. The molecule has 1 amide bonds. The quantitative estimate of drug-likeness (QED) is 0.402. The second kappa shape index (κ2) is 11.4. The van der Waals surface area contributed by atoms with Gasteiger partial charge in [0.25, 0.3) is 5.91 Å². The van der Waals surface area contributed by atoms with Crippen molar-refractivity contribution in [1.29, 1.82) is 0 Å². The molecule has 0 saturated heterocycles. The van der Waals surface area contributed by atoms with Crippen molar-refractivity contribution >= 4 is 40.1 Å². The molecule has 1 N–H and O–H groups in total. The number of carbonyl (C=O) groups excluding carboxylic acids is 2. The van der Waals surface area contributed by atoms with Crippen LogP contribution in [0, 0.1) is 0 Å². The number of carbonyl (C=O) groups is 2. The van der Waals surface area contributed by atoms with E-state index in [1.807, 2.05) is 24.3 Å². The largest absolute Gasteiger partial charge is 0.495 e. The fraction of sp³-hybridized carbons (Fsp3) is 0.393. The van der Waals surface area contributed by atoms with Crippen LogP contribution in [0.15, 0.2) is 36.4 Å². The summed E-state index contributed by atoms with van der Waals surface area (Å²) < 4.78 is 16.4. The molecular formula is C28H32ClN3O5. The van der Waals surface area contributed by atoms with Crippen LogP contribution in [0.2, 0.25) is 5.02 Å². The van der Waals surface area contributed by atoms with E-state index in [1.165, 1.54) is 14.2 Å². The number of aromatic nitrogens is 1. The lowest BCUT2D eigenvalue weighted by molar-refractivity contribution is -0.124. The van der Waals surface area contributed by atoms with Crippen molar-refractivity contribution in [3.05, 3.63) is 58.2 Å². The highest BCUT2D eigenvalue weighted by atomic mass is 35.5. The van der Waals surface area contributed by atoms with E-state index in [2.05, 4.69) is 24.1 Å². The third kappa shape index (κ3) is 5.50. The molecule has 1 aliphatic heterocycles. The smallest absolute Gasteiger partial charge is 0.340 e. The summed E-state index contributed by atoms with van der Waals surface area (Å²) in [6.45, 7) is 7.52. The van der Waals surface area contributed by atoms with Gasteiger partial charge < -0.3 is 19.5 Å². The van der Waals surface area contributed by atoms with Gasteiger partial charge in [-0.05, 0) is 32.4 Å². The zero-order chi connectivity index (χ0) is 26.7. The summed E-state index contributed by atoms with van der Waals surface area (Å²) in [5.74, 6) is -0.230. The molecule has 9 heteroatoms. The van der Waals surface area contributed by atoms with Gasteiger partial charge in [0.2, 0.25) is 0 Å². The highest BCUT2D eigenvalue weighted by Gasteiger charge is 2.30. The Hall–Kier alpha value is -3.36. The van der Waals surface area contributed by atoms with Gasteiger partial charge in [-0.1, -0.05) is 36.7 Å². The predicted octanol–water partition coefficient (Wildman–Crippen LogP) is 5.25. The molecule has 1 aliphatic rings. The first-order chi connectivity index (χ1) is 17.8. The van der Waals surface area contributed by atoms with Crippen molar-refractivity contribution in [3.63, 3.8) is 0 Å². The van der Waals surface area contributed by atoms with Gasteiger partial charge in [-0.2, -0.15) is 0 Å². The van der Waals surface area contributed by atoms with E-state index in [0.717, 1.165) is 35.1 Å². The first kappa shape index (κ1) is 26.7. The summed E-state index contributed by atoms with van der Waals surface area (Å²) >= 11 is 6.25. The standard InChI is InChI=1S/C28H32ClN3O5/c1-6-23(27(33)31-22-13-19(29)24(35-4)14-25(22)36-5)37-28(34)26-17-9-7-8-10-20(17)30-21-11-12-32(16(2)3)15-18(21)26/h7-10,13-14,16,23H,6,11-12,15H2,1-5H3,(H,31,33). The third-order valence-electron chi connectivity index (χ3n) is 6.65. The Balaban J connectivity index is 1.64. The number of fused-ring (bicyclic) bond motifs is 2. The van der Waals surface area contributed by atoms with Crippen LogP contribution < -0.4 is 14.8 Å². The molecule has 0 radical (unpaired) electrons. The molecule has 0 aliphatic carbocycles. The van der Waals surface area contributed by atoms with Crippen LogP contribution in [0.5, 0.6) is 11.5 Å². The maximum atomic E-state index is 13.7. The number of rotatable bonds is 8. The van der Waals surface area contributed by atoms with E-state index in [-0.39, 0.29) is 6.42 Å². The van der Waals surface area contributed by atoms with Crippen molar-refractivity contribution in [2.75, 3.05) is 26.1 Å². The summed E-state index contributed by atoms with van der Waals surface area (Å²) in [6, 6.07) is 11.0. The van der Waals surface area contributed by atoms with Crippen LogP contribution in [0.4, 0.5) is 5.69 Å². The van der Waals surface area contributed by atoms with Crippen molar-refractivity contribution in [3.8, 4) is 11.5 Å². The molecule has 0 spiro atoms. The number of benzene rings is 2. The Bertz CT molecular complexity index is 1330. The minimum absolute atomic E-state index is 0.285. The molecule has 0 fully saturated rings. The number of hydrogen-bond donors (Lipinski definition) is 1. The Morgan fingerprint density at radius 2 is 1.86 bits per heavy atom. The van der Waals surface area contributed by atoms with Crippen molar-refractivity contribution in [2.45, 2.75) is 52.3 Å². The van der Waals surface area contributed by atoms with Gasteiger partial charge in [0, 0.05) is 48.3 Å². The van der Waals surface area contributed by atoms with E-state index in [4.69, 9.17) is 30.8 Å². The van der Waals surface area contributed by atoms with Crippen molar-refractivity contribution in [2.24, 2.45) is 0 Å². The highest BCUT2D eigenvalue weighted by molar-refractivity contribution is 6.32. The van der Waals surface area contributed by atoms with Gasteiger partial charge in [-0.15, -0.1) is 0 Å². The number of amides is 1. The number of ether oxygens (including phenoxy) is 3. The monoisotopic (exact) mass is 525 g/mol. The van der Waals surface area contributed by atoms with Gasteiger partial charge in [-0.3, -0.25) is 14.7 Å². The normalized spacial score (nSPS) is 14.2. The molecule has 0 saturated carbocycles. The maximum Gasteiger partial charge on any atom is 0.340 e. The molecule has 3 aromatic rings. The summed E-state index contributed by atoms with van der Waals surface area (Å²) in [5, 5.41) is 3.81. The number of esters is 1. The first-order valence-electron chi connectivity index (χ1n) is 12.3. The second-order valence-electron chi connectivity index (χ2n) is 9.22. The Morgan fingerprint density at radius 1 is 1.14 bits per heavy atom. The molecule has 1 atom stereocenters. The molecular weight excluding hydrogens is 494 g/mol. The van der Waals surface area contributed by atoms with E-state index in [1.54, 1.807) is 19.1 Å². The zero-order valence-corrected chi connectivity index (χ0v) is 22.5. The van der Waals surface area contributed by atoms with Gasteiger partial charge in [0.05, 0.1) is 36.0 Å². The molecule has 4 rings (SSSR count). The zero-order valence-electron chi connectivity index (χ0n) is 21.8. The topological polar surface area (TPSA) is 90.0 Å².